The van der Waals surface area contributed by atoms with E-state index < -0.39 is 0 Å². The second-order valence-electron chi connectivity index (χ2n) is 12.0. The van der Waals surface area contributed by atoms with Gasteiger partial charge in [-0.05, 0) is 131 Å². The first-order chi connectivity index (χ1) is 20.7. The Bertz CT molecular complexity index is 898. The van der Waals surface area contributed by atoms with Gasteiger partial charge in [0.05, 0.1) is 6.61 Å². The molecule has 0 spiro atoms. The van der Waals surface area contributed by atoms with Crippen LogP contribution in [0.5, 0.6) is 0 Å². The van der Waals surface area contributed by atoms with E-state index in [-0.39, 0.29) is 13.2 Å². The average Bonchev–Trinajstić information content (AvgIpc) is 2.90. The van der Waals surface area contributed by atoms with Gasteiger partial charge >= 0.3 is 0 Å². The first kappa shape index (κ1) is 48.1. The molecular weight excluding hydrogens is 544 g/mol. The summed E-state index contributed by atoms with van der Waals surface area (Å²) in [6.45, 7) is 35.4. The predicted octanol–water partition coefficient (Wildman–Crippen LogP) is 11.1. The Morgan fingerprint density at radius 1 is 0.523 bits per heavy atom. The van der Waals surface area contributed by atoms with Crippen molar-refractivity contribution in [2.45, 2.75) is 131 Å². The summed E-state index contributed by atoms with van der Waals surface area (Å²) in [6, 6.07) is 0. The zero-order valence-corrected chi connectivity index (χ0v) is 29.6. The minimum absolute atomic E-state index is 0.166. The van der Waals surface area contributed by atoms with Crippen molar-refractivity contribution in [2.75, 3.05) is 13.2 Å². The Labute approximate surface area is 272 Å². The third-order valence-corrected chi connectivity index (χ3v) is 6.25. The molecule has 0 fully saturated rings. The highest BCUT2D eigenvalue weighted by atomic mass is 16.3. The monoisotopic (exact) mass is 613 g/mol. The Hall–Kier alpha value is -2.82. The molecule has 0 saturated carbocycles. The van der Waals surface area contributed by atoms with Crippen LogP contribution in [0.3, 0.4) is 0 Å². The van der Waals surface area contributed by atoms with Gasteiger partial charge in [0, 0.05) is 13.0 Å². The second-order valence-corrected chi connectivity index (χ2v) is 12.0. The Kier molecular flexibility index (Phi) is 39.8. The number of allylic oxidation sites excluding steroid dienone is 8. The van der Waals surface area contributed by atoms with Crippen molar-refractivity contribution in [1.82, 2.24) is 0 Å². The molecule has 0 aromatic heterocycles. The highest BCUT2D eigenvalue weighted by Crippen LogP contribution is 2.12. The molecule has 0 aromatic rings. The molecule has 2 N–H and O–H groups in total. The van der Waals surface area contributed by atoms with E-state index in [2.05, 4.69) is 46.4 Å². The van der Waals surface area contributed by atoms with Crippen LogP contribution in [0.1, 0.15) is 131 Å². The minimum Gasteiger partial charge on any atom is -0.396 e. The minimum atomic E-state index is 0.166. The van der Waals surface area contributed by atoms with Gasteiger partial charge in [0.15, 0.2) is 0 Å². The summed E-state index contributed by atoms with van der Waals surface area (Å²) >= 11 is 0. The fourth-order valence-corrected chi connectivity index (χ4v) is 3.58. The van der Waals surface area contributed by atoms with Crippen LogP contribution in [0.2, 0.25) is 0 Å². The summed E-state index contributed by atoms with van der Waals surface area (Å²) in [5.41, 5.74) is 9.47. The number of aliphatic hydroxyl groups excluding tert-OH is 2. The fraction of sp³-hybridized carbons (Fsp3) is 0.550. The van der Waals surface area contributed by atoms with E-state index in [4.69, 9.17) is 10.2 Å². The normalized spacial score (nSPS) is 10.5. The van der Waals surface area contributed by atoms with E-state index in [1.807, 2.05) is 40.7 Å². The van der Waals surface area contributed by atoms with Crippen molar-refractivity contribution < 1.29 is 19.8 Å². The van der Waals surface area contributed by atoms with Crippen LogP contribution in [0.25, 0.3) is 0 Å². The van der Waals surface area contributed by atoms with Gasteiger partial charge in [-0.15, -0.1) is 26.3 Å². The van der Waals surface area contributed by atoms with Crippen molar-refractivity contribution in [2.24, 2.45) is 0 Å². The lowest BCUT2D eigenvalue weighted by Crippen LogP contribution is -1.87. The van der Waals surface area contributed by atoms with Crippen LogP contribution in [0.15, 0.2) is 96.2 Å². The van der Waals surface area contributed by atoms with Gasteiger partial charge in [-0.2, -0.15) is 0 Å². The molecular formula is C40H68O4. The van der Waals surface area contributed by atoms with Crippen LogP contribution in [0.4, 0.5) is 0 Å². The highest BCUT2D eigenvalue weighted by molar-refractivity contribution is 5.65. The zero-order chi connectivity index (χ0) is 34.8. The number of rotatable bonds is 22. The zero-order valence-electron chi connectivity index (χ0n) is 29.6. The molecule has 0 amide bonds. The first-order valence-electron chi connectivity index (χ1n) is 16.0. The Balaban J connectivity index is -0.000000242. The molecule has 0 aliphatic heterocycles. The maximum Gasteiger partial charge on any atom is 0.142 e. The first-order valence-corrected chi connectivity index (χ1v) is 16.0. The van der Waals surface area contributed by atoms with Crippen LogP contribution in [-0.4, -0.2) is 36.0 Å². The summed E-state index contributed by atoms with van der Waals surface area (Å²) in [7, 11) is 0. The molecule has 0 bridgehead atoms. The van der Waals surface area contributed by atoms with E-state index in [1.54, 1.807) is 6.08 Å². The molecule has 0 atom stereocenters. The molecule has 0 saturated heterocycles. The van der Waals surface area contributed by atoms with Gasteiger partial charge < -0.3 is 15.0 Å². The lowest BCUT2D eigenvalue weighted by atomic mass is 10.1. The third kappa shape index (κ3) is 51.9. The summed E-state index contributed by atoms with van der Waals surface area (Å²) in [5.74, 6) is 0. The fourth-order valence-electron chi connectivity index (χ4n) is 3.58. The lowest BCUT2D eigenvalue weighted by Gasteiger charge is -2.02. The largest absolute Gasteiger partial charge is 0.396 e. The predicted molar refractivity (Wildman–Crippen MR) is 196 cm³/mol. The molecule has 0 aliphatic rings. The van der Waals surface area contributed by atoms with Crippen molar-refractivity contribution in [3.05, 3.63) is 96.2 Å². The molecule has 4 heteroatoms. The smallest absolute Gasteiger partial charge is 0.142 e. The molecule has 0 unspecified atom stereocenters. The SMILES string of the molecule is C=C(C)CCC/C(C)=C/C=O.C=C(C)CCC/C(C)=C/CO.C=C(C)CCCC(=C)CC=O.C=C(C)CCCC(=C)CCO. The number of hydrogen-bond acceptors (Lipinski definition) is 4. The molecule has 0 rings (SSSR count). The van der Waals surface area contributed by atoms with Gasteiger partial charge in [0.2, 0.25) is 0 Å². The number of aliphatic hydroxyl groups is 2. The standard InChI is InChI=1S/2C10H18O.2C10H16O/c4*1-9(2)5-4-6-10(3)7-8-11/h7,11H,1,4-6,8H2,2-3H3;11H,1,3-8H2,2H3;7-8H,1,4-6H2,2-3H3;8H,1,3-7H2,2H3/b10-7+;;10-7+;. The number of aldehydes is 2. The van der Waals surface area contributed by atoms with Crippen LogP contribution in [-0.2, 0) is 9.59 Å². The van der Waals surface area contributed by atoms with Gasteiger partial charge in [-0.3, -0.25) is 4.79 Å². The topological polar surface area (TPSA) is 74.6 Å². The van der Waals surface area contributed by atoms with Gasteiger partial charge in [0.25, 0.3) is 0 Å². The molecule has 4 nitrogen and oxygen atoms in total. The van der Waals surface area contributed by atoms with E-state index >= 15 is 0 Å². The van der Waals surface area contributed by atoms with Crippen molar-refractivity contribution >= 4 is 12.6 Å². The third-order valence-electron chi connectivity index (χ3n) is 6.25. The number of carbonyl (C=O) groups excluding carboxylic acids is 2. The Morgan fingerprint density at radius 2 is 0.909 bits per heavy atom. The van der Waals surface area contributed by atoms with Gasteiger partial charge in [-0.25, -0.2) is 0 Å². The van der Waals surface area contributed by atoms with Crippen molar-refractivity contribution in [1.29, 1.82) is 0 Å². The van der Waals surface area contributed by atoms with Crippen LogP contribution < -0.4 is 0 Å². The second kappa shape index (κ2) is 36.4. The number of hydrogen-bond donors (Lipinski definition) is 2. The molecule has 252 valence electrons. The molecule has 0 aliphatic carbocycles. The van der Waals surface area contributed by atoms with Crippen molar-refractivity contribution in [3.8, 4) is 0 Å². The van der Waals surface area contributed by atoms with E-state index in [1.165, 1.54) is 27.9 Å². The average molecular weight is 613 g/mol. The van der Waals surface area contributed by atoms with E-state index in [9.17, 15) is 9.59 Å². The Morgan fingerprint density at radius 3 is 1.25 bits per heavy atom. The summed E-state index contributed by atoms with van der Waals surface area (Å²) in [4.78, 5) is 20.1. The number of carbonyl (C=O) groups is 2. The van der Waals surface area contributed by atoms with E-state index in [0.29, 0.717) is 6.42 Å². The molecule has 0 radical (unpaired) electrons. The maximum atomic E-state index is 10.0. The van der Waals surface area contributed by atoms with Crippen LogP contribution >= 0.6 is 0 Å². The molecule has 0 heterocycles. The summed E-state index contributed by atoms with van der Waals surface area (Å²) in [6.07, 6.45) is 19.3. The van der Waals surface area contributed by atoms with E-state index in [0.717, 1.165) is 113 Å². The van der Waals surface area contributed by atoms with Crippen molar-refractivity contribution in [3.63, 3.8) is 0 Å². The van der Waals surface area contributed by atoms with Crippen LogP contribution in [0, 0.1) is 0 Å². The lowest BCUT2D eigenvalue weighted by molar-refractivity contribution is -0.107. The van der Waals surface area contributed by atoms with Gasteiger partial charge in [-0.1, -0.05) is 63.8 Å². The molecule has 44 heavy (non-hydrogen) atoms. The summed E-state index contributed by atoms with van der Waals surface area (Å²) < 4.78 is 0. The highest BCUT2D eigenvalue weighted by Gasteiger charge is 1.95. The maximum absolute atomic E-state index is 10.0. The summed E-state index contributed by atoms with van der Waals surface area (Å²) in [5, 5.41) is 17.1. The molecule has 0 aromatic carbocycles. The van der Waals surface area contributed by atoms with Gasteiger partial charge in [0.1, 0.15) is 12.6 Å². The quantitative estimate of drug-likeness (QED) is 0.0724.